The molecule has 204 valence electrons. The van der Waals surface area contributed by atoms with E-state index >= 15 is 0 Å². The molecule has 4 aromatic rings. The largest absolute Gasteiger partial charge is 0.543 e. The van der Waals surface area contributed by atoms with Gasteiger partial charge in [0.05, 0.1) is 13.2 Å². The monoisotopic (exact) mass is 538 g/mol. The smallest absolute Gasteiger partial charge is 0.250 e. The van der Waals surface area contributed by atoms with Crippen LogP contribution in [-0.2, 0) is 10.3 Å². The van der Waals surface area contributed by atoms with Gasteiger partial charge in [-0.2, -0.15) is 0 Å². The highest BCUT2D eigenvalue weighted by Gasteiger charge is 2.42. The molecule has 0 saturated carbocycles. The average molecular weight is 539 g/mol. The summed E-state index contributed by atoms with van der Waals surface area (Å²) in [5.74, 6) is 1.70. The van der Waals surface area contributed by atoms with Crippen molar-refractivity contribution in [2.75, 3.05) is 7.11 Å². The Bertz CT molecular complexity index is 1260. The predicted octanol–water partition coefficient (Wildman–Crippen LogP) is 9.46. The van der Waals surface area contributed by atoms with Crippen molar-refractivity contribution in [1.82, 2.24) is 0 Å². The highest BCUT2D eigenvalue weighted by Crippen LogP contribution is 2.47. The number of benzene rings is 4. The topological polar surface area (TPSA) is 27.7 Å². The van der Waals surface area contributed by atoms with Gasteiger partial charge in [0.2, 0.25) is 0 Å². The van der Waals surface area contributed by atoms with Crippen LogP contribution in [0.5, 0.6) is 11.5 Å². The van der Waals surface area contributed by atoms with Crippen LogP contribution >= 0.6 is 0 Å². The van der Waals surface area contributed by atoms with Crippen molar-refractivity contribution in [2.45, 2.75) is 64.5 Å². The van der Waals surface area contributed by atoms with Gasteiger partial charge in [0, 0.05) is 5.56 Å². The molecule has 0 radical (unpaired) electrons. The van der Waals surface area contributed by atoms with Gasteiger partial charge in [0.15, 0.2) is 0 Å². The zero-order valence-corrected chi connectivity index (χ0v) is 25.6. The fraction of sp³-hybridized carbons (Fsp3) is 0.314. The first-order valence-corrected chi connectivity index (χ1v) is 16.6. The lowest BCUT2D eigenvalue weighted by atomic mass is 9.79. The van der Waals surface area contributed by atoms with Crippen molar-refractivity contribution < 1.29 is 13.9 Å². The molecular weight excluding hydrogens is 496 g/mol. The van der Waals surface area contributed by atoms with Gasteiger partial charge < -0.3 is 13.9 Å². The molecule has 0 aliphatic carbocycles. The fourth-order valence-corrected chi connectivity index (χ4v) is 5.88. The molecule has 4 aromatic carbocycles. The molecule has 0 amide bonds. The van der Waals surface area contributed by atoms with Gasteiger partial charge in [0.1, 0.15) is 17.1 Å². The van der Waals surface area contributed by atoms with Crippen molar-refractivity contribution in [3.05, 3.63) is 131 Å². The lowest BCUT2D eigenvalue weighted by Crippen LogP contribution is -2.44. The fourth-order valence-electron chi connectivity index (χ4n) is 4.79. The summed E-state index contributed by atoms with van der Waals surface area (Å²) < 4.78 is 20.1. The van der Waals surface area contributed by atoms with E-state index in [9.17, 15) is 0 Å². The third-order valence-electron chi connectivity index (χ3n) is 8.01. The Balaban J connectivity index is 1.93. The normalized spacial score (nSPS) is 13.1. The molecular formula is C35H42O3Si. The van der Waals surface area contributed by atoms with Crippen LogP contribution in [0.3, 0.4) is 0 Å². The molecule has 0 bridgehead atoms. The standard InChI is InChI=1S/C35H42O3Si/c1-26-24-31(36-6)25-32(33(26)38-39(7,8)34(3,4)5)27(2)37-35(28-18-12-9-13-19-28,29-20-14-10-15-21-29)30-22-16-11-17-23-30/h9-25,27H,1-8H3/t27-/m0/s1. The molecule has 0 fully saturated rings. The Morgan fingerprint density at radius 2 is 1.13 bits per heavy atom. The molecule has 0 aliphatic rings. The second-order valence-corrected chi connectivity index (χ2v) is 16.5. The molecule has 3 nitrogen and oxygen atoms in total. The van der Waals surface area contributed by atoms with E-state index < -0.39 is 13.9 Å². The summed E-state index contributed by atoms with van der Waals surface area (Å²) in [6.45, 7) is 15.6. The Labute approximate surface area is 235 Å². The van der Waals surface area contributed by atoms with Crippen molar-refractivity contribution in [3.63, 3.8) is 0 Å². The second kappa shape index (κ2) is 11.4. The van der Waals surface area contributed by atoms with Gasteiger partial charge >= 0.3 is 0 Å². The highest BCUT2D eigenvalue weighted by molar-refractivity contribution is 6.74. The van der Waals surface area contributed by atoms with E-state index in [0.29, 0.717) is 0 Å². The predicted molar refractivity (Wildman–Crippen MR) is 164 cm³/mol. The van der Waals surface area contributed by atoms with E-state index in [2.05, 4.69) is 133 Å². The van der Waals surface area contributed by atoms with Crippen LogP contribution in [0.2, 0.25) is 18.1 Å². The Morgan fingerprint density at radius 1 is 0.692 bits per heavy atom. The van der Waals surface area contributed by atoms with E-state index in [0.717, 1.165) is 39.3 Å². The maximum Gasteiger partial charge on any atom is 0.250 e. The lowest BCUT2D eigenvalue weighted by Gasteiger charge is -2.40. The molecule has 4 rings (SSSR count). The molecule has 1 atom stereocenters. The number of methoxy groups -OCH3 is 1. The van der Waals surface area contributed by atoms with Crippen molar-refractivity contribution in [3.8, 4) is 11.5 Å². The maximum absolute atomic E-state index is 7.36. The summed E-state index contributed by atoms with van der Waals surface area (Å²) in [6.07, 6.45) is -0.320. The molecule has 0 spiro atoms. The van der Waals surface area contributed by atoms with Crippen LogP contribution in [-0.4, -0.2) is 15.4 Å². The van der Waals surface area contributed by atoms with E-state index in [1.807, 2.05) is 18.2 Å². The summed E-state index contributed by atoms with van der Waals surface area (Å²) in [4.78, 5) is 0. The molecule has 0 unspecified atom stereocenters. The summed E-state index contributed by atoms with van der Waals surface area (Å²) in [5.41, 5.74) is 4.41. The molecule has 0 heterocycles. The number of aryl methyl sites for hydroxylation is 1. The van der Waals surface area contributed by atoms with E-state index in [4.69, 9.17) is 13.9 Å². The number of rotatable bonds is 9. The Morgan fingerprint density at radius 3 is 1.51 bits per heavy atom. The zero-order chi connectivity index (χ0) is 28.3. The van der Waals surface area contributed by atoms with Gasteiger partial charge in [-0.15, -0.1) is 0 Å². The second-order valence-electron chi connectivity index (χ2n) is 11.8. The van der Waals surface area contributed by atoms with Gasteiger partial charge in [-0.05, 0) is 66.4 Å². The van der Waals surface area contributed by atoms with E-state index in [1.165, 1.54) is 0 Å². The van der Waals surface area contributed by atoms with Gasteiger partial charge in [-0.25, -0.2) is 0 Å². The SMILES string of the molecule is COc1cc(C)c(O[Si](C)(C)C(C)(C)C)c([C@H](C)OC(c2ccccc2)(c2ccccc2)c2ccccc2)c1. The summed E-state index contributed by atoms with van der Waals surface area (Å²) >= 11 is 0. The summed E-state index contributed by atoms with van der Waals surface area (Å²) in [7, 11) is -0.420. The van der Waals surface area contributed by atoms with Crippen LogP contribution in [0.4, 0.5) is 0 Å². The number of ether oxygens (including phenoxy) is 2. The zero-order valence-electron chi connectivity index (χ0n) is 24.6. The highest BCUT2D eigenvalue weighted by atomic mass is 28.4. The minimum Gasteiger partial charge on any atom is -0.543 e. The Hall–Kier alpha value is -3.34. The van der Waals surface area contributed by atoms with Crippen LogP contribution in [0.1, 0.15) is 61.6 Å². The molecule has 39 heavy (non-hydrogen) atoms. The van der Waals surface area contributed by atoms with Crippen LogP contribution < -0.4 is 9.16 Å². The number of hydrogen-bond acceptors (Lipinski definition) is 3. The first-order chi connectivity index (χ1) is 18.5. The summed E-state index contributed by atoms with van der Waals surface area (Å²) in [5, 5.41) is 0.0581. The molecule has 4 heteroatoms. The Kier molecular flexibility index (Phi) is 8.39. The van der Waals surface area contributed by atoms with E-state index in [-0.39, 0.29) is 11.1 Å². The third kappa shape index (κ3) is 5.82. The average Bonchev–Trinajstić information content (AvgIpc) is 2.93. The van der Waals surface area contributed by atoms with Crippen molar-refractivity contribution in [2.24, 2.45) is 0 Å². The van der Waals surface area contributed by atoms with Gasteiger partial charge in [-0.1, -0.05) is 112 Å². The quantitative estimate of drug-likeness (QED) is 0.157. The maximum atomic E-state index is 7.36. The molecule has 0 N–H and O–H groups in total. The van der Waals surface area contributed by atoms with Crippen molar-refractivity contribution >= 4 is 8.32 Å². The third-order valence-corrected chi connectivity index (χ3v) is 12.3. The van der Waals surface area contributed by atoms with Crippen LogP contribution in [0.25, 0.3) is 0 Å². The van der Waals surface area contributed by atoms with Crippen LogP contribution in [0.15, 0.2) is 103 Å². The van der Waals surface area contributed by atoms with Gasteiger partial charge in [-0.3, -0.25) is 0 Å². The minimum absolute atomic E-state index is 0.0581. The molecule has 0 saturated heterocycles. The summed E-state index contributed by atoms with van der Waals surface area (Å²) in [6, 6.07) is 35.6. The first-order valence-electron chi connectivity index (χ1n) is 13.7. The molecule has 0 aliphatic heterocycles. The first kappa shape index (κ1) is 28.7. The molecule has 0 aromatic heterocycles. The van der Waals surface area contributed by atoms with Crippen molar-refractivity contribution in [1.29, 1.82) is 0 Å². The van der Waals surface area contributed by atoms with E-state index in [1.54, 1.807) is 7.11 Å². The minimum atomic E-state index is -2.13. The number of hydrogen-bond donors (Lipinski definition) is 0. The lowest BCUT2D eigenvalue weighted by molar-refractivity contribution is -0.0409. The van der Waals surface area contributed by atoms with Gasteiger partial charge in [0.25, 0.3) is 8.32 Å². The van der Waals surface area contributed by atoms with Crippen LogP contribution in [0, 0.1) is 6.92 Å².